The molecular formula is C13H24N2O. The number of amides is 1. The number of hydrogen-bond donors (Lipinski definition) is 1. The molecule has 2 aliphatic rings. The summed E-state index contributed by atoms with van der Waals surface area (Å²) in [5.41, 5.74) is 0.0234. The van der Waals surface area contributed by atoms with Gasteiger partial charge in [-0.2, -0.15) is 0 Å². The van der Waals surface area contributed by atoms with Crippen LogP contribution in [0.5, 0.6) is 0 Å². The maximum atomic E-state index is 12.5. The molecule has 1 heterocycles. The van der Waals surface area contributed by atoms with Gasteiger partial charge in [0, 0.05) is 24.5 Å². The van der Waals surface area contributed by atoms with Gasteiger partial charge >= 0.3 is 0 Å². The fourth-order valence-corrected chi connectivity index (χ4v) is 3.05. The van der Waals surface area contributed by atoms with E-state index in [1.165, 1.54) is 12.8 Å². The first-order valence-electron chi connectivity index (χ1n) is 6.68. The zero-order valence-electron chi connectivity index (χ0n) is 10.6. The molecule has 1 aliphatic carbocycles. The Morgan fingerprint density at radius 1 is 1.44 bits per heavy atom. The topological polar surface area (TPSA) is 32.3 Å². The lowest BCUT2D eigenvalue weighted by atomic mass is 9.66. The third-order valence-electron chi connectivity index (χ3n) is 4.56. The second-order valence-electron chi connectivity index (χ2n) is 5.37. The Balaban J connectivity index is 1.98. The summed E-state index contributed by atoms with van der Waals surface area (Å²) in [6.07, 6.45) is 6.85. The molecule has 0 bridgehead atoms. The molecular weight excluding hydrogens is 200 g/mol. The molecule has 1 unspecified atom stereocenters. The van der Waals surface area contributed by atoms with E-state index in [1.54, 1.807) is 0 Å². The standard InChI is InChI=1S/C13H24N2O/c1-3-13(7-5-8-13)12(16)15-9-4-6-11(10-15)14-2/h11,14H,3-10H2,1-2H3. The van der Waals surface area contributed by atoms with Crippen LogP contribution < -0.4 is 5.32 Å². The average molecular weight is 224 g/mol. The summed E-state index contributed by atoms with van der Waals surface area (Å²) in [6, 6.07) is 0.506. The summed E-state index contributed by atoms with van der Waals surface area (Å²) >= 11 is 0. The quantitative estimate of drug-likeness (QED) is 0.792. The van der Waals surface area contributed by atoms with Crippen LogP contribution in [0.2, 0.25) is 0 Å². The van der Waals surface area contributed by atoms with Crippen LogP contribution in [0.3, 0.4) is 0 Å². The second kappa shape index (κ2) is 4.74. The number of nitrogens with zero attached hydrogens (tertiary/aromatic N) is 1. The van der Waals surface area contributed by atoms with Crippen LogP contribution in [0.1, 0.15) is 45.4 Å². The first-order valence-corrected chi connectivity index (χ1v) is 6.68. The molecule has 3 heteroatoms. The molecule has 1 saturated carbocycles. The van der Waals surface area contributed by atoms with E-state index in [0.29, 0.717) is 11.9 Å². The van der Waals surface area contributed by atoms with Gasteiger partial charge in [-0.05, 0) is 39.2 Å². The molecule has 1 saturated heterocycles. The van der Waals surface area contributed by atoms with Crippen molar-refractivity contribution < 1.29 is 4.79 Å². The van der Waals surface area contributed by atoms with Gasteiger partial charge in [0.25, 0.3) is 0 Å². The number of likely N-dealkylation sites (N-methyl/N-ethyl adjacent to an activating group) is 1. The lowest BCUT2D eigenvalue weighted by Gasteiger charge is -2.45. The van der Waals surface area contributed by atoms with Crippen LogP contribution in [-0.4, -0.2) is 37.0 Å². The number of carbonyl (C=O) groups is 1. The minimum atomic E-state index is 0.0234. The molecule has 0 aromatic heterocycles. The molecule has 1 atom stereocenters. The number of likely N-dealkylation sites (tertiary alicyclic amines) is 1. The summed E-state index contributed by atoms with van der Waals surface area (Å²) in [5.74, 6) is 0.432. The summed E-state index contributed by atoms with van der Waals surface area (Å²) in [6.45, 7) is 4.05. The molecule has 1 amide bonds. The third kappa shape index (κ3) is 1.97. The van der Waals surface area contributed by atoms with Crippen molar-refractivity contribution >= 4 is 5.91 Å². The highest BCUT2D eigenvalue weighted by Gasteiger charge is 2.45. The van der Waals surface area contributed by atoms with Crippen molar-refractivity contribution in [2.75, 3.05) is 20.1 Å². The predicted molar refractivity (Wildman–Crippen MR) is 65.2 cm³/mol. The molecule has 0 radical (unpaired) electrons. The number of hydrogen-bond acceptors (Lipinski definition) is 2. The van der Waals surface area contributed by atoms with Crippen molar-refractivity contribution in [2.24, 2.45) is 5.41 Å². The van der Waals surface area contributed by atoms with Crippen molar-refractivity contribution in [3.63, 3.8) is 0 Å². The van der Waals surface area contributed by atoms with Crippen molar-refractivity contribution in [3.05, 3.63) is 0 Å². The van der Waals surface area contributed by atoms with Gasteiger partial charge < -0.3 is 10.2 Å². The lowest BCUT2D eigenvalue weighted by molar-refractivity contribution is -0.149. The van der Waals surface area contributed by atoms with Gasteiger partial charge in [-0.1, -0.05) is 13.3 Å². The Kier molecular flexibility index (Phi) is 3.53. The van der Waals surface area contributed by atoms with Gasteiger partial charge in [0.15, 0.2) is 0 Å². The molecule has 16 heavy (non-hydrogen) atoms. The fraction of sp³-hybridized carbons (Fsp3) is 0.923. The highest BCUT2D eigenvalue weighted by atomic mass is 16.2. The Morgan fingerprint density at radius 3 is 2.69 bits per heavy atom. The first-order chi connectivity index (χ1) is 7.72. The molecule has 1 aliphatic heterocycles. The monoisotopic (exact) mass is 224 g/mol. The van der Waals surface area contributed by atoms with Crippen LogP contribution >= 0.6 is 0 Å². The molecule has 2 rings (SSSR count). The number of nitrogens with one attached hydrogen (secondary N) is 1. The van der Waals surface area contributed by atoms with E-state index in [0.717, 1.165) is 38.8 Å². The zero-order valence-corrected chi connectivity index (χ0v) is 10.6. The van der Waals surface area contributed by atoms with Gasteiger partial charge in [0.05, 0.1) is 0 Å². The molecule has 0 aromatic carbocycles. The zero-order chi connectivity index (χ0) is 11.6. The van der Waals surface area contributed by atoms with E-state index in [-0.39, 0.29) is 5.41 Å². The maximum Gasteiger partial charge on any atom is 0.228 e. The van der Waals surface area contributed by atoms with Gasteiger partial charge in [-0.15, -0.1) is 0 Å². The van der Waals surface area contributed by atoms with Crippen LogP contribution in [0.15, 0.2) is 0 Å². The van der Waals surface area contributed by atoms with E-state index >= 15 is 0 Å². The lowest BCUT2D eigenvalue weighted by Crippen LogP contribution is -2.53. The fourth-order valence-electron chi connectivity index (χ4n) is 3.05. The Labute approximate surface area is 98.6 Å². The molecule has 1 N–H and O–H groups in total. The molecule has 2 fully saturated rings. The third-order valence-corrected chi connectivity index (χ3v) is 4.56. The molecule has 0 spiro atoms. The second-order valence-corrected chi connectivity index (χ2v) is 5.37. The highest BCUT2D eigenvalue weighted by Crippen LogP contribution is 2.45. The van der Waals surface area contributed by atoms with E-state index in [2.05, 4.69) is 17.1 Å². The first kappa shape index (κ1) is 11.9. The van der Waals surface area contributed by atoms with Crippen LogP contribution in [-0.2, 0) is 4.79 Å². The molecule has 3 nitrogen and oxygen atoms in total. The molecule has 92 valence electrons. The predicted octanol–water partition coefficient (Wildman–Crippen LogP) is 1.78. The maximum absolute atomic E-state index is 12.5. The van der Waals surface area contributed by atoms with Gasteiger partial charge in [-0.3, -0.25) is 4.79 Å². The Hall–Kier alpha value is -0.570. The van der Waals surface area contributed by atoms with Gasteiger partial charge in [-0.25, -0.2) is 0 Å². The van der Waals surface area contributed by atoms with Gasteiger partial charge in [0.2, 0.25) is 5.91 Å². The summed E-state index contributed by atoms with van der Waals surface area (Å²) < 4.78 is 0. The minimum absolute atomic E-state index is 0.0234. The van der Waals surface area contributed by atoms with Crippen molar-refractivity contribution in [1.29, 1.82) is 0 Å². The van der Waals surface area contributed by atoms with Crippen LogP contribution in [0, 0.1) is 5.41 Å². The minimum Gasteiger partial charge on any atom is -0.341 e. The van der Waals surface area contributed by atoms with E-state index < -0.39 is 0 Å². The highest BCUT2D eigenvalue weighted by molar-refractivity contribution is 5.83. The van der Waals surface area contributed by atoms with E-state index in [9.17, 15) is 4.79 Å². The summed E-state index contributed by atoms with van der Waals surface area (Å²) in [4.78, 5) is 14.6. The normalized spacial score (nSPS) is 28.6. The SMILES string of the molecule is CCC1(C(=O)N2CCCC(NC)C2)CCC1. The van der Waals surface area contributed by atoms with Crippen LogP contribution in [0.4, 0.5) is 0 Å². The van der Waals surface area contributed by atoms with E-state index in [4.69, 9.17) is 0 Å². The van der Waals surface area contributed by atoms with Gasteiger partial charge in [0.1, 0.15) is 0 Å². The summed E-state index contributed by atoms with van der Waals surface area (Å²) in [7, 11) is 2.00. The smallest absolute Gasteiger partial charge is 0.228 e. The number of carbonyl (C=O) groups excluding carboxylic acids is 1. The number of rotatable bonds is 3. The van der Waals surface area contributed by atoms with Crippen molar-refractivity contribution in [2.45, 2.75) is 51.5 Å². The van der Waals surface area contributed by atoms with Crippen molar-refractivity contribution in [1.82, 2.24) is 10.2 Å². The summed E-state index contributed by atoms with van der Waals surface area (Å²) in [5, 5.41) is 3.30. The van der Waals surface area contributed by atoms with E-state index in [1.807, 2.05) is 7.05 Å². The Bertz CT molecular complexity index is 255. The molecule has 0 aromatic rings. The van der Waals surface area contributed by atoms with Crippen molar-refractivity contribution in [3.8, 4) is 0 Å². The number of piperidine rings is 1. The largest absolute Gasteiger partial charge is 0.341 e. The average Bonchev–Trinajstić information content (AvgIpc) is 2.28. The Morgan fingerprint density at radius 2 is 2.19 bits per heavy atom. The van der Waals surface area contributed by atoms with Crippen LogP contribution in [0.25, 0.3) is 0 Å².